The Bertz CT molecular complexity index is 1110. The molecule has 0 saturated heterocycles. The van der Waals surface area contributed by atoms with Gasteiger partial charge in [-0.25, -0.2) is 0 Å². The van der Waals surface area contributed by atoms with Crippen LogP contribution in [0.3, 0.4) is 0 Å². The lowest BCUT2D eigenvalue weighted by Crippen LogP contribution is -2.36. The molecule has 1 N–H and O–H groups in total. The lowest BCUT2D eigenvalue weighted by Gasteiger charge is -2.29. The molecule has 1 aliphatic rings. The van der Waals surface area contributed by atoms with Crippen LogP contribution in [0.4, 0.5) is 5.69 Å². The summed E-state index contributed by atoms with van der Waals surface area (Å²) in [4.78, 5) is 27.4. The fourth-order valence-electron chi connectivity index (χ4n) is 3.75. The van der Waals surface area contributed by atoms with E-state index in [-0.39, 0.29) is 11.8 Å². The van der Waals surface area contributed by atoms with Gasteiger partial charge in [-0.1, -0.05) is 24.3 Å². The first-order chi connectivity index (χ1) is 15.1. The number of nitrogens with zero attached hydrogens (tertiary/aromatic N) is 1. The molecule has 3 aromatic carbocycles. The summed E-state index contributed by atoms with van der Waals surface area (Å²) in [7, 11) is 3.09. The topological polar surface area (TPSA) is 67.9 Å². The van der Waals surface area contributed by atoms with E-state index in [1.165, 1.54) is 12.7 Å². The predicted molar refractivity (Wildman–Crippen MR) is 119 cm³/mol. The highest BCUT2D eigenvalue weighted by atomic mass is 16.5. The Hall–Kier alpha value is -3.80. The number of anilines is 1. The van der Waals surface area contributed by atoms with Gasteiger partial charge in [-0.05, 0) is 60.0 Å². The van der Waals surface area contributed by atoms with Crippen molar-refractivity contribution in [1.82, 2.24) is 4.90 Å². The van der Waals surface area contributed by atoms with E-state index in [2.05, 4.69) is 5.32 Å². The Morgan fingerprint density at radius 3 is 2.35 bits per heavy atom. The maximum atomic E-state index is 12.8. The quantitative estimate of drug-likeness (QED) is 0.678. The summed E-state index contributed by atoms with van der Waals surface area (Å²) in [5.74, 6) is 0.839. The Kier molecular flexibility index (Phi) is 5.89. The molecule has 0 saturated carbocycles. The summed E-state index contributed by atoms with van der Waals surface area (Å²) in [6.45, 7) is 1.20. The number of amides is 2. The monoisotopic (exact) mass is 416 g/mol. The van der Waals surface area contributed by atoms with Crippen molar-refractivity contribution in [1.29, 1.82) is 0 Å². The van der Waals surface area contributed by atoms with E-state index >= 15 is 0 Å². The molecule has 158 valence electrons. The van der Waals surface area contributed by atoms with Crippen molar-refractivity contribution in [3.8, 4) is 11.5 Å². The fourth-order valence-corrected chi connectivity index (χ4v) is 3.75. The van der Waals surface area contributed by atoms with Gasteiger partial charge in [-0.15, -0.1) is 0 Å². The van der Waals surface area contributed by atoms with E-state index in [1.807, 2.05) is 53.4 Å². The second kappa shape index (κ2) is 8.92. The molecule has 6 heteroatoms. The molecule has 1 aliphatic heterocycles. The molecule has 0 unspecified atom stereocenters. The van der Waals surface area contributed by atoms with Crippen LogP contribution in [0.15, 0.2) is 66.7 Å². The van der Waals surface area contributed by atoms with Gasteiger partial charge in [0.25, 0.3) is 11.8 Å². The molecule has 0 atom stereocenters. The van der Waals surface area contributed by atoms with Gasteiger partial charge in [0.15, 0.2) is 11.5 Å². The number of hydrogen-bond donors (Lipinski definition) is 1. The number of carbonyl (C=O) groups is 2. The summed E-state index contributed by atoms with van der Waals surface area (Å²) in [5.41, 5.74) is 4.08. The van der Waals surface area contributed by atoms with Crippen LogP contribution in [0.1, 0.15) is 31.8 Å². The summed E-state index contributed by atoms with van der Waals surface area (Å²) in [5, 5.41) is 2.93. The molecular weight excluding hydrogens is 392 g/mol. The molecule has 0 radical (unpaired) electrons. The Labute approximate surface area is 181 Å². The first-order valence-corrected chi connectivity index (χ1v) is 10.1. The standard InChI is InChI=1S/C25H24N2O4/c1-30-22-11-9-19(15-23(22)31-2)24(28)26-21-10-8-17-12-13-27(16-20(17)14-21)25(29)18-6-4-3-5-7-18/h3-11,14-15H,12-13,16H2,1-2H3,(H,26,28). The van der Waals surface area contributed by atoms with Crippen LogP contribution in [-0.4, -0.2) is 37.5 Å². The molecule has 4 rings (SSSR count). The predicted octanol–water partition coefficient (Wildman–Crippen LogP) is 4.15. The van der Waals surface area contributed by atoms with E-state index < -0.39 is 0 Å². The summed E-state index contributed by atoms with van der Waals surface area (Å²) in [6.07, 6.45) is 0.789. The van der Waals surface area contributed by atoms with Gasteiger partial charge in [0.2, 0.25) is 0 Å². The summed E-state index contributed by atoms with van der Waals surface area (Å²) < 4.78 is 10.5. The number of nitrogens with one attached hydrogen (secondary N) is 1. The van der Waals surface area contributed by atoms with Gasteiger partial charge >= 0.3 is 0 Å². The van der Waals surface area contributed by atoms with Crippen molar-refractivity contribution in [2.24, 2.45) is 0 Å². The zero-order valence-electron chi connectivity index (χ0n) is 17.6. The van der Waals surface area contributed by atoms with Crippen LogP contribution in [-0.2, 0) is 13.0 Å². The van der Waals surface area contributed by atoms with Crippen LogP contribution >= 0.6 is 0 Å². The molecule has 2 amide bonds. The Morgan fingerprint density at radius 1 is 0.839 bits per heavy atom. The smallest absolute Gasteiger partial charge is 0.255 e. The van der Waals surface area contributed by atoms with E-state index in [0.29, 0.717) is 41.4 Å². The van der Waals surface area contributed by atoms with Gasteiger partial charge in [0.05, 0.1) is 14.2 Å². The zero-order chi connectivity index (χ0) is 21.8. The highest BCUT2D eigenvalue weighted by molar-refractivity contribution is 6.04. The van der Waals surface area contributed by atoms with Gasteiger partial charge in [0, 0.05) is 29.9 Å². The second-order valence-electron chi connectivity index (χ2n) is 7.35. The van der Waals surface area contributed by atoms with Crippen molar-refractivity contribution >= 4 is 17.5 Å². The van der Waals surface area contributed by atoms with Crippen LogP contribution in [0.2, 0.25) is 0 Å². The number of carbonyl (C=O) groups excluding carboxylic acids is 2. The molecule has 0 aliphatic carbocycles. The van der Waals surface area contributed by atoms with Crippen molar-refractivity contribution in [3.63, 3.8) is 0 Å². The third-order valence-corrected chi connectivity index (χ3v) is 5.43. The first kappa shape index (κ1) is 20.5. The van der Waals surface area contributed by atoms with E-state index in [1.54, 1.807) is 25.3 Å². The van der Waals surface area contributed by atoms with E-state index in [4.69, 9.17) is 9.47 Å². The number of benzene rings is 3. The van der Waals surface area contributed by atoms with Crippen molar-refractivity contribution < 1.29 is 19.1 Å². The molecule has 6 nitrogen and oxygen atoms in total. The van der Waals surface area contributed by atoms with Crippen molar-refractivity contribution in [2.45, 2.75) is 13.0 Å². The van der Waals surface area contributed by atoms with Crippen molar-refractivity contribution in [2.75, 3.05) is 26.1 Å². The Balaban J connectivity index is 1.50. The van der Waals surface area contributed by atoms with Crippen molar-refractivity contribution in [3.05, 3.63) is 89.0 Å². The average molecular weight is 416 g/mol. The Morgan fingerprint density at radius 2 is 1.61 bits per heavy atom. The summed E-state index contributed by atoms with van der Waals surface area (Å²) in [6, 6.07) is 20.2. The third kappa shape index (κ3) is 4.38. The van der Waals surface area contributed by atoms with Gasteiger partial charge < -0.3 is 19.7 Å². The molecular formula is C25H24N2O4. The molecule has 0 bridgehead atoms. The second-order valence-corrected chi connectivity index (χ2v) is 7.35. The molecule has 0 fully saturated rings. The highest BCUT2D eigenvalue weighted by Crippen LogP contribution is 2.28. The van der Waals surface area contributed by atoms with Gasteiger partial charge in [-0.2, -0.15) is 0 Å². The van der Waals surface area contributed by atoms with E-state index in [0.717, 1.165) is 12.0 Å². The zero-order valence-corrected chi connectivity index (χ0v) is 17.6. The fraction of sp³-hybridized carbons (Fsp3) is 0.200. The van der Waals surface area contributed by atoms with E-state index in [9.17, 15) is 9.59 Å². The SMILES string of the molecule is COc1ccc(C(=O)Nc2ccc3c(c2)CN(C(=O)c2ccccc2)CC3)cc1OC. The van der Waals surface area contributed by atoms with Gasteiger partial charge in [-0.3, -0.25) is 9.59 Å². The molecule has 1 heterocycles. The lowest BCUT2D eigenvalue weighted by molar-refractivity contribution is 0.0734. The number of rotatable bonds is 5. The molecule has 3 aromatic rings. The first-order valence-electron chi connectivity index (χ1n) is 10.1. The molecule has 31 heavy (non-hydrogen) atoms. The van der Waals surface area contributed by atoms with Crippen LogP contribution in [0.25, 0.3) is 0 Å². The number of methoxy groups -OCH3 is 2. The summed E-state index contributed by atoms with van der Waals surface area (Å²) >= 11 is 0. The third-order valence-electron chi connectivity index (χ3n) is 5.43. The minimum Gasteiger partial charge on any atom is -0.493 e. The molecule has 0 spiro atoms. The maximum absolute atomic E-state index is 12.8. The van der Waals surface area contributed by atoms with Gasteiger partial charge in [0.1, 0.15) is 0 Å². The highest BCUT2D eigenvalue weighted by Gasteiger charge is 2.22. The number of ether oxygens (including phenoxy) is 2. The maximum Gasteiger partial charge on any atom is 0.255 e. The largest absolute Gasteiger partial charge is 0.493 e. The van der Waals surface area contributed by atoms with Crippen LogP contribution < -0.4 is 14.8 Å². The lowest BCUT2D eigenvalue weighted by atomic mass is 9.98. The minimum absolute atomic E-state index is 0.0195. The van der Waals surface area contributed by atoms with Crippen LogP contribution in [0, 0.1) is 0 Å². The number of fused-ring (bicyclic) bond motifs is 1. The normalized spacial score (nSPS) is 12.6. The average Bonchev–Trinajstić information content (AvgIpc) is 2.83. The van der Waals surface area contributed by atoms with Crippen LogP contribution in [0.5, 0.6) is 11.5 Å². The number of hydrogen-bond acceptors (Lipinski definition) is 4. The molecule has 0 aromatic heterocycles. The minimum atomic E-state index is -0.242.